The van der Waals surface area contributed by atoms with Crippen molar-refractivity contribution in [3.8, 4) is 0 Å². The molecule has 1 heterocycles. The van der Waals surface area contributed by atoms with Crippen molar-refractivity contribution in [3.05, 3.63) is 35.9 Å². The van der Waals surface area contributed by atoms with Gasteiger partial charge in [-0.05, 0) is 25.5 Å². The molecule has 1 N–H and O–H groups in total. The summed E-state index contributed by atoms with van der Waals surface area (Å²) in [6, 6.07) is 10.2. The van der Waals surface area contributed by atoms with Gasteiger partial charge >= 0.3 is 0 Å². The van der Waals surface area contributed by atoms with E-state index in [1.807, 2.05) is 18.2 Å². The molecular formula is C17H24N2O2. The predicted molar refractivity (Wildman–Crippen MR) is 82.2 cm³/mol. The number of likely N-dealkylation sites (N-methyl/N-ethyl adjacent to an activating group) is 1. The Kier molecular flexibility index (Phi) is 4.27. The monoisotopic (exact) mass is 288 g/mol. The maximum Gasteiger partial charge on any atom is 0.230 e. The number of amides is 1. The maximum absolute atomic E-state index is 12.7. The van der Waals surface area contributed by atoms with Gasteiger partial charge in [-0.1, -0.05) is 36.8 Å². The number of rotatable bonds is 4. The molecule has 4 heteroatoms. The molecule has 0 aromatic heterocycles. The van der Waals surface area contributed by atoms with Crippen LogP contribution >= 0.6 is 0 Å². The third-order valence-corrected chi connectivity index (χ3v) is 4.80. The normalized spacial score (nSPS) is 25.1. The van der Waals surface area contributed by atoms with Crippen molar-refractivity contribution in [1.29, 1.82) is 0 Å². The van der Waals surface area contributed by atoms with Gasteiger partial charge in [0.25, 0.3) is 0 Å². The Morgan fingerprint density at radius 1 is 1.38 bits per heavy atom. The van der Waals surface area contributed by atoms with Crippen molar-refractivity contribution in [1.82, 2.24) is 10.2 Å². The van der Waals surface area contributed by atoms with Crippen molar-refractivity contribution >= 4 is 5.91 Å². The molecule has 1 aromatic carbocycles. The highest BCUT2D eigenvalue weighted by Gasteiger charge is 2.45. The number of nitrogens with zero attached hydrogens (tertiary/aromatic N) is 1. The summed E-state index contributed by atoms with van der Waals surface area (Å²) in [5.41, 5.74) is 0.845. The average molecular weight is 288 g/mol. The van der Waals surface area contributed by atoms with Gasteiger partial charge < -0.3 is 15.0 Å². The first kappa shape index (κ1) is 14.5. The lowest BCUT2D eigenvalue weighted by molar-refractivity contribution is -0.131. The van der Waals surface area contributed by atoms with E-state index in [9.17, 15) is 4.79 Å². The molecule has 21 heavy (non-hydrogen) atoms. The molecule has 0 bridgehead atoms. The molecule has 114 valence electrons. The Morgan fingerprint density at radius 2 is 2.14 bits per heavy atom. The van der Waals surface area contributed by atoms with Crippen LogP contribution in [0.4, 0.5) is 0 Å². The van der Waals surface area contributed by atoms with Crippen LogP contribution in [0.25, 0.3) is 0 Å². The minimum absolute atomic E-state index is 0.112. The van der Waals surface area contributed by atoms with E-state index in [4.69, 9.17) is 4.74 Å². The highest BCUT2D eigenvalue weighted by Crippen LogP contribution is 2.43. The first-order valence-electron chi connectivity index (χ1n) is 7.85. The summed E-state index contributed by atoms with van der Waals surface area (Å²) in [7, 11) is 2.09. The van der Waals surface area contributed by atoms with Crippen LogP contribution in [0.5, 0.6) is 0 Å². The van der Waals surface area contributed by atoms with E-state index in [1.165, 1.54) is 0 Å². The van der Waals surface area contributed by atoms with Gasteiger partial charge in [0, 0.05) is 19.6 Å². The van der Waals surface area contributed by atoms with Crippen molar-refractivity contribution in [2.24, 2.45) is 0 Å². The van der Waals surface area contributed by atoms with Crippen LogP contribution in [0.2, 0.25) is 0 Å². The van der Waals surface area contributed by atoms with E-state index >= 15 is 0 Å². The van der Waals surface area contributed by atoms with Crippen molar-refractivity contribution in [2.45, 2.75) is 30.8 Å². The Morgan fingerprint density at radius 3 is 2.76 bits per heavy atom. The third-order valence-electron chi connectivity index (χ3n) is 4.80. The number of benzene rings is 1. The van der Waals surface area contributed by atoms with E-state index in [1.54, 1.807) is 0 Å². The summed E-state index contributed by atoms with van der Waals surface area (Å²) in [6.07, 6.45) is 3.15. The first-order valence-corrected chi connectivity index (χ1v) is 7.85. The zero-order valence-corrected chi connectivity index (χ0v) is 12.7. The zero-order valence-electron chi connectivity index (χ0n) is 12.7. The summed E-state index contributed by atoms with van der Waals surface area (Å²) >= 11 is 0. The standard InChI is InChI=1S/C17H24N2O2/c1-19-10-11-21-15(13-19)12-18-16(20)17(8-5-9-17)14-6-3-2-4-7-14/h2-4,6-7,15H,5,8-13H2,1H3,(H,18,20)/t15-/m1/s1. The summed E-state index contributed by atoms with van der Waals surface area (Å²) in [5.74, 6) is 0.164. The van der Waals surface area contributed by atoms with Crippen molar-refractivity contribution < 1.29 is 9.53 Å². The fourth-order valence-corrected chi connectivity index (χ4v) is 3.30. The molecule has 3 rings (SSSR count). The highest BCUT2D eigenvalue weighted by atomic mass is 16.5. The minimum Gasteiger partial charge on any atom is -0.374 e. The average Bonchev–Trinajstić information content (AvgIpc) is 2.45. The number of nitrogens with one attached hydrogen (secondary N) is 1. The van der Waals surface area contributed by atoms with Crippen LogP contribution < -0.4 is 5.32 Å². The van der Waals surface area contributed by atoms with Crippen LogP contribution in [0, 0.1) is 0 Å². The molecule has 2 aliphatic rings. The SMILES string of the molecule is CN1CCO[C@H](CNC(=O)C2(c3ccccc3)CCC2)C1. The molecule has 1 atom stereocenters. The van der Waals surface area contributed by atoms with E-state index in [0.717, 1.165) is 44.5 Å². The molecule has 4 nitrogen and oxygen atoms in total. The van der Waals surface area contributed by atoms with Crippen molar-refractivity contribution in [2.75, 3.05) is 33.3 Å². The van der Waals surface area contributed by atoms with Crippen LogP contribution in [-0.2, 0) is 14.9 Å². The second-order valence-electron chi connectivity index (χ2n) is 6.27. The number of carbonyl (C=O) groups is 1. The molecule has 0 unspecified atom stereocenters. The van der Waals surface area contributed by atoms with Gasteiger partial charge in [0.15, 0.2) is 0 Å². The highest BCUT2D eigenvalue weighted by molar-refractivity contribution is 5.89. The molecular weight excluding hydrogens is 264 g/mol. The molecule has 1 saturated carbocycles. The Hall–Kier alpha value is -1.39. The Labute approximate surface area is 126 Å². The number of hydrogen-bond acceptors (Lipinski definition) is 3. The van der Waals surface area contributed by atoms with E-state index in [0.29, 0.717) is 6.54 Å². The van der Waals surface area contributed by atoms with E-state index in [2.05, 4.69) is 29.4 Å². The second kappa shape index (κ2) is 6.16. The molecule has 0 radical (unpaired) electrons. The van der Waals surface area contributed by atoms with Gasteiger partial charge in [-0.2, -0.15) is 0 Å². The van der Waals surface area contributed by atoms with Gasteiger partial charge in [0.05, 0.1) is 18.1 Å². The van der Waals surface area contributed by atoms with E-state index in [-0.39, 0.29) is 17.4 Å². The second-order valence-corrected chi connectivity index (χ2v) is 6.27. The van der Waals surface area contributed by atoms with Gasteiger partial charge in [-0.3, -0.25) is 4.79 Å². The third kappa shape index (κ3) is 2.97. The fraction of sp³-hybridized carbons (Fsp3) is 0.588. The van der Waals surface area contributed by atoms with E-state index < -0.39 is 0 Å². The topological polar surface area (TPSA) is 41.6 Å². The van der Waals surface area contributed by atoms with Crippen LogP contribution in [0.3, 0.4) is 0 Å². The predicted octanol–water partition coefficient (Wildman–Crippen LogP) is 1.56. The van der Waals surface area contributed by atoms with Gasteiger partial charge in [-0.15, -0.1) is 0 Å². The number of hydrogen-bond donors (Lipinski definition) is 1. The first-order chi connectivity index (χ1) is 10.2. The summed E-state index contributed by atoms with van der Waals surface area (Å²) in [4.78, 5) is 14.9. The largest absolute Gasteiger partial charge is 0.374 e. The lowest BCUT2D eigenvalue weighted by atomic mass is 9.64. The summed E-state index contributed by atoms with van der Waals surface area (Å²) < 4.78 is 5.71. The molecule has 1 aromatic rings. The molecule has 1 aliphatic carbocycles. The molecule has 1 saturated heterocycles. The quantitative estimate of drug-likeness (QED) is 0.914. The summed E-state index contributed by atoms with van der Waals surface area (Å²) in [5, 5.41) is 3.12. The van der Waals surface area contributed by atoms with Crippen LogP contribution in [0.1, 0.15) is 24.8 Å². The zero-order chi connectivity index (χ0) is 14.7. The molecule has 1 amide bonds. The Bertz CT molecular complexity index is 485. The lowest BCUT2D eigenvalue weighted by Gasteiger charge is -2.41. The maximum atomic E-state index is 12.7. The lowest BCUT2D eigenvalue weighted by Crippen LogP contribution is -2.53. The minimum atomic E-state index is -0.304. The van der Waals surface area contributed by atoms with Crippen molar-refractivity contribution in [3.63, 3.8) is 0 Å². The number of carbonyl (C=O) groups excluding carboxylic acids is 1. The van der Waals surface area contributed by atoms with Crippen LogP contribution in [-0.4, -0.2) is 50.2 Å². The molecule has 1 aliphatic heterocycles. The summed E-state index contributed by atoms with van der Waals surface area (Å²) in [6.45, 7) is 3.22. The van der Waals surface area contributed by atoms with Gasteiger partial charge in [0.1, 0.15) is 0 Å². The number of morpholine rings is 1. The molecule has 0 spiro atoms. The molecule has 2 fully saturated rings. The number of ether oxygens (including phenoxy) is 1. The smallest absolute Gasteiger partial charge is 0.230 e. The fourth-order valence-electron chi connectivity index (χ4n) is 3.30. The van der Waals surface area contributed by atoms with Gasteiger partial charge in [-0.25, -0.2) is 0 Å². The van der Waals surface area contributed by atoms with Gasteiger partial charge in [0.2, 0.25) is 5.91 Å². The van der Waals surface area contributed by atoms with Crippen LogP contribution in [0.15, 0.2) is 30.3 Å². The Balaban J connectivity index is 1.61.